The second-order valence-corrected chi connectivity index (χ2v) is 7.91. The number of guanidine groups is 1. The molecule has 0 amide bonds. The molecule has 0 radical (unpaired) electrons. The molecule has 1 aliphatic rings. The van der Waals surface area contributed by atoms with E-state index in [4.69, 9.17) is 11.1 Å². The van der Waals surface area contributed by atoms with Crippen molar-refractivity contribution in [3.63, 3.8) is 0 Å². The number of pyridine rings is 1. The maximum atomic E-state index is 7.53. The fourth-order valence-electron chi connectivity index (χ4n) is 2.79. The summed E-state index contributed by atoms with van der Waals surface area (Å²) in [6.45, 7) is 4.37. The van der Waals surface area contributed by atoms with Crippen LogP contribution in [0, 0.1) is 5.41 Å². The average Bonchev–Trinajstić information content (AvgIpc) is 2.63. The Morgan fingerprint density at radius 3 is 2.56 bits per heavy atom. The molecule has 0 aliphatic carbocycles. The number of piperazine rings is 1. The molecular weight excluding hydrogens is 398 g/mol. The number of hydrogen-bond donors (Lipinski definition) is 2. The van der Waals surface area contributed by atoms with Gasteiger partial charge in [0, 0.05) is 49.1 Å². The first-order valence-electron chi connectivity index (χ1n) is 8.24. The normalized spacial score (nSPS) is 15.3. The Kier molecular flexibility index (Phi) is 6.34. The van der Waals surface area contributed by atoms with Gasteiger partial charge in [-0.15, -0.1) is 11.8 Å². The van der Waals surface area contributed by atoms with Crippen molar-refractivity contribution < 1.29 is 0 Å². The predicted molar refractivity (Wildman–Crippen MR) is 107 cm³/mol. The van der Waals surface area contributed by atoms with Crippen molar-refractivity contribution in [2.45, 2.75) is 17.3 Å². The number of halogens is 1. The van der Waals surface area contributed by atoms with Crippen LogP contribution < -0.4 is 5.73 Å². The van der Waals surface area contributed by atoms with Gasteiger partial charge in [-0.05, 0) is 29.3 Å². The Morgan fingerprint density at radius 2 is 1.88 bits per heavy atom. The fraction of sp³-hybridized carbons (Fsp3) is 0.333. The van der Waals surface area contributed by atoms with Gasteiger partial charge in [0.05, 0.1) is 0 Å². The van der Waals surface area contributed by atoms with Gasteiger partial charge in [0.2, 0.25) is 0 Å². The van der Waals surface area contributed by atoms with Crippen LogP contribution in [0.1, 0.15) is 11.1 Å². The SMILES string of the molecule is N=C(N)N1CCN(Cc2cccnc2SCc2ccc(Br)cc2)CC1. The van der Waals surface area contributed by atoms with E-state index in [1.165, 1.54) is 11.1 Å². The molecule has 7 heteroatoms. The lowest BCUT2D eigenvalue weighted by Gasteiger charge is -2.35. The van der Waals surface area contributed by atoms with Crippen LogP contribution in [-0.2, 0) is 12.3 Å². The topological polar surface area (TPSA) is 69.2 Å². The lowest BCUT2D eigenvalue weighted by atomic mass is 10.2. The third kappa shape index (κ3) is 5.20. The number of benzene rings is 1. The number of nitrogens with one attached hydrogen (secondary N) is 1. The van der Waals surface area contributed by atoms with Gasteiger partial charge < -0.3 is 10.6 Å². The average molecular weight is 420 g/mol. The number of rotatable bonds is 5. The molecule has 132 valence electrons. The van der Waals surface area contributed by atoms with E-state index in [9.17, 15) is 0 Å². The van der Waals surface area contributed by atoms with Crippen LogP contribution in [-0.4, -0.2) is 46.9 Å². The van der Waals surface area contributed by atoms with Gasteiger partial charge in [-0.2, -0.15) is 0 Å². The van der Waals surface area contributed by atoms with E-state index in [0.29, 0.717) is 0 Å². The van der Waals surface area contributed by atoms with Crippen LogP contribution >= 0.6 is 27.7 Å². The molecule has 2 aromatic rings. The molecule has 1 saturated heterocycles. The molecule has 5 nitrogen and oxygen atoms in total. The summed E-state index contributed by atoms with van der Waals surface area (Å²) in [4.78, 5) is 8.90. The van der Waals surface area contributed by atoms with Gasteiger partial charge in [0.15, 0.2) is 5.96 Å². The number of nitrogens with two attached hydrogens (primary N) is 1. The highest BCUT2D eigenvalue weighted by molar-refractivity contribution is 9.10. The van der Waals surface area contributed by atoms with E-state index in [2.05, 4.69) is 56.1 Å². The minimum Gasteiger partial charge on any atom is -0.370 e. The van der Waals surface area contributed by atoms with E-state index in [-0.39, 0.29) is 5.96 Å². The van der Waals surface area contributed by atoms with E-state index in [0.717, 1.165) is 48.0 Å². The minimum atomic E-state index is 0.173. The van der Waals surface area contributed by atoms with E-state index >= 15 is 0 Å². The zero-order chi connectivity index (χ0) is 17.6. The van der Waals surface area contributed by atoms with Gasteiger partial charge in [-0.1, -0.05) is 34.1 Å². The maximum absolute atomic E-state index is 7.53. The molecule has 1 aromatic heterocycles. The smallest absolute Gasteiger partial charge is 0.188 e. The van der Waals surface area contributed by atoms with Crippen molar-refractivity contribution >= 4 is 33.7 Å². The summed E-state index contributed by atoms with van der Waals surface area (Å²) in [5.74, 6) is 1.09. The summed E-state index contributed by atoms with van der Waals surface area (Å²) in [6, 6.07) is 12.6. The second kappa shape index (κ2) is 8.69. The summed E-state index contributed by atoms with van der Waals surface area (Å²) in [7, 11) is 0. The predicted octanol–water partition coefficient (Wildman–Crippen LogP) is 3.15. The molecule has 0 saturated carbocycles. The van der Waals surface area contributed by atoms with E-state index in [1.54, 1.807) is 11.8 Å². The third-order valence-corrected chi connectivity index (χ3v) is 5.89. The third-order valence-electron chi connectivity index (χ3n) is 4.25. The number of nitrogens with zero attached hydrogens (tertiary/aromatic N) is 3. The standard InChI is InChI=1S/C18H22BrN5S/c19-16-5-3-14(4-6-16)13-25-17-15(2-1-7-22-17)12-23-8-10-24(11-9-23)18(20)21/h1-7H,8-13H2,(H3,20,21). The van der Waals surface area contributed by atoms with Gasteiger partial charge in [-0.25, -0.2) is 4.98 Å². The summed E-state index contributed by atoms with van der Waals surface area (Å²) in [5, 5.41) is 8.63. The van der Waals surface area contributed by atoms with Crippen molar-refractivity contribution in [1.82, 2.24) is 14.8 Å². The van der Waals surface area contributed by atoms with Gasteiger partial charge in [-0.3, -0.25) is 10.3 Å². The van der Waals surface area contributed by atoms with Gasteiger partial charge in [0.25, 0.3) is 0 Å². The Bertz CT molecular complexity index is 714. The molecule has 0 unspecified atom stereocenters. The van der Waals surface area contributed by atoms with Crippen LogP contribution in [0.25, 0.3) is 0 Å². The number of thioether (sulfide) groups is 1. The molecule has 1 aliphatic heterocycles. The monoisotopic (exact) mass is 419 g/mol. The lowest BCUT2D eigenvalue weighted by Crippen LogP contribution is -2.50. The summed E-state index contributed by atoms with van der Waals surface area (Å²) < 4.78 is 1.10. The lowest BCUT2D eigenvalue weighted by molar-refractivity contribution is 0.172. The van der Waals surface area contributed by atoms with Crippen LogP contribution in [0.5, 0.6) is 0 Å². The molecule has 0 spiro atoms. The first-order valence-corrected chi connectivity index (χ1v) is 10.0. The molecule has 1 fully saturated rings. The van der Waals surface area contributed by atoms with Crippen molar-refractivity contribution in [3.05, 3.63) is 58.2 Å². The Morgan fingerprint density at radius 1 is 1.16 bits per heavy atom. The molecule has 0 atom stereocenters. The minimum absolute atomic E-state index is 0.173. The Hall–Kier alpha value is -1.57. The van der Waals surface area contributed by atoms with Crippen LogP contribution in [0.4, 0.5) is 0 Å². The van der Waals surface area contributed by atoms with Crippen molar-refractivity contribution in [2.24, 2.45) is 5.73 Å². The molecule has 2 heterocycles. The number of aromatic nitrogens is 1. The van der Waals surface area contributed by atoms with Crippen LogP contribution in [0.3, 0.4) is 0 Å². The maximum Gasteiger partial charge on any atom is 0.188 e. The van der Waals surface area contributed by atoms with Crippen molar-refractivity contribution in [1.29, 1.82) is 5.41 Å². The molecule has 3 rings (SSSR count). The molecular formula is C18H22BrN5S. The molecule has 3 N–H and O–H groups in total. The van der Waals surface area contributed by atoms with E-state index < -0.39 is 0 Å². The Balaban J connectivity index is 1.59. The molecule has 0 bridgehead atoms. The van der Waals surface area contributed by atoms with Crippen LogP contribution in [0.2, 0.25) is 0 Å². The summed E-state index contributed by atoms with van der Waals surface area (Å²) in [5.41, 5.74) is 8.12. The first-order chi connectivity index (χ1) is 12.1. The first kappa shape index (κ1) is 18.2. The van der Waals surface area contributed by atoms with Crippen molar-refractivity contribution in [2.75, 3.05) is 26.2 Å². The molecule has 1 aromatic carbocycles. The van der Waals surface area contributed by atoms with Crippen LogP contribution in [0.15, 0.2) is 52.1 Å². The van der Waals surface area contributed by atoms with Gasteiger partial charge in [0.1, 0.15) is 5.03 Å². The second-order valence-electron chi connectivity index (χ2n) is 6.03. The zero-order valence-corrected chi connectivity index (χ0v) is 16.4. The summed E-state index contributed by atoms with van der Waals surface area (Å²) >= 11 is 5.25. The Labute approximate surface area is 161 Å². The molecule has 25 heavy (non-hydrogen) atoms. The highest BCUT2D eigenvalue weighted by atomic mass is 79.9. The summed E-state index contributed by atoms with van der Waals surface area (Å²) in [6.07, 6.45) is 1.86. The van der Waals surface area contributed by atoms with E-state index in [1.807, 2.05) is 17.2 Å². The number of hydrogen-bond acceptors (Lipinski definition) is 4. The van der Waals surface area contributed by atoms with Gasteiger partial charge >= 0.3 is 0 Å². The zero-order valence-electron chi connectivity index (χ0n) is 14.0. The van der Waals surface area contributed by atoms with Crippen molar-refractivity contribution in [3.8, 4) is 0 Å². The quantitative estimate of drug-likeness (QED) is 0.442. The largest absolute Gasteiger partial charge is 0.370 e. The highest BCUT2D eigenvalue weighted by Gasteiger charge is 2.18. The fourth-order valence-corrected chi connectivity index (χ4v) is 4.01. The highest BCUT2D eigenvalue weighted by Crippen LogP contribution is 2.26.